The van der Waals surface area contributed by atoms with Gasteiger partial charge >= 0.3 is 0 Å². The first-order chi connectivity index (χ1) is 22.2. The topological polar surface area (TPSA) is 123 Å². The van der Waals surface area contributed by atoms with E-state index in [0.29, 0.717) is 56.2 Å². The van der Waals surface area contributed by atoms with Gasteiger partial charge in [-0.3, -0.25) is 23.8 Å². The molecule has 6 rings (SSSR count). The van der Waals surface area contributed by atoms with Gasteiger partial charge in [-0.05, 0) is 70.6 Å². The summed E-state index contributed by atoms with van der Waals surface area (Å²) in [6, 6.07) is 0.0893. The predicted octanol–water partition coefficient (Wildman–Crippen LogP) is 3.11. The molecule has 1 amide bonds. The Labute approximate surface area is 285 Å². The first kappa shape index (κ1) is 35.5. The maximum atomic E-state index is 13.8. The minimum absolute atomic E-state index is 0.0352. The number of thioether (sulfide) groups is 1. The number of ether oxygens (including phenoxy) is 1. The van der Waals surface area contributed by atoms with Crippen LogP contribution in [0.4, 0.5) is 8.78 Å². The number of hydrogen-bond donors (Lipinski definition) is 2. The standard InChI is InChI=1S/C32H48ClF2N5O5S2/c1-18-14-23(29-28(36-18)25(17-46-29)30(41)38-47(3,43)44)22-15-20(33)4-7-27(22)45-13-12-40-19(2)37-26-6-5-21(16-24(26)31(40)42)39-10-8-32(34,35)9-11-39/h18,20-23,25,27-29,36H,4-17H2,1-3H3,(H,38,41)/t18?,20?,21-,22?,23?,25?,27?,28?,29?/m1/s1. The minimum atomic E-state index is -3.65. The van der Waals surface area contributed by atoms with Crippen LogP contribution < -0.4 is 15.6 Å². The van der Waals surface area contributed by atoms with E-state index < -0.39 is 27.8 Å². The zero-order valence-electron chi connectivity index (χ0n) is 27.4. The lowest BCUT2D eigenvalue weighted by Crippen LogP contribution is -2.58. The molecule has 1 aromatic heterocycles. The van der Waals surface area contributed by atoms with Crippen molar-refractivity contribution >= 4 is 39.3 Å². The number of rotatable bonds is 8. The number of sulfonamides is 1. The van der Waals surface area contributed by atoms with Gasteiger partial charge in [-0.25, -0.2) is 22.2 Å². The first-order valence-corrected chi connectivity index (χ1v) is 20.4. The quantitative estimate of drug-likeness (QED) is 0.391. The highest BCUT2D eigenvalue weighted by atomic mass is 35.5. The van der Waals surface area contributed by atoms with Crippen molar-refractivity contribution in [2.24, 2.45) is 17.8 Å². The lowest BCUT2D eigenvalue weighted by Gasteiger charge is -2.47. The average Bonchev–Trinajstić information content (AvgIpc) is 3.42. The Kier molecular flexibility index (Phi) is 10.7. The molecule has 5 aliphatic rings. The Morgan fingerprint density at radius 2 is 1.94 bits per heavy atom. The van der Waals surface area contributed by atoms with Crippen LogP contribution >= 0.6 is 23.4 Å². The van der Waals surface area contributed by atoms with Gasteiger partial charge in [-0.1, -0.05) is 0 Å². The number of carbonyl (C=O) groups excluding carboxylic acids is 1. The van der Waals surface area contributed by atoms with E-state index in [4.69, 9.17) is 21.3 Å². The molecule has 2 N–H and O–H groups in total. The molecular weight excluding hydrogens is 672 g/mol. The maximum absolute atomic E-state index is 13.8. The highest BCUT2D eigenvalue weighted by molar-refractivity contribution is 8.00. The Bertz CT molecular complexity index is 1490. The number of nitrogens with zero attached hydrogens (tertiary/aromatic N) is 3. The van der Waals surface area contributed by atoms with Crippen LogP contribution in [-0.2, 0) is 38.9 Å². The van der Waals surface area contributed by atoms with E-state index in [-0.39, 0.29) is 65.1 Å². The summed E-state index contributed by atoms with van der Waals surface area (Å²) >= 11 is 8.48. The molecule has 0 spiro atoms. The zero-order valence-corrected chi connectivity index (χ0v) is 29.8. The smallest absolute Gasteiger partial charge is 0.257 e. The molecule has 8 unspecified atom stereocenters. The molecule has 4 fully saturated rings. The van der Waals surface area contributed by atoms with Crippen molar-refractivity contribution in [3.8, 4) is 0 Å². The number of aryl methyl sites for hydroxylation is 2. The van der Waals surface area contributed by atoms with Crippen molar-refractivity contribution < 1.29 is 26.7 Å². The van der Waals surface area contributed by atoms with Crippen LogP contribution in [0.1, 0.15) is 69.0 Å². The fourth-order valence-electron chi connectivity index (χ4n) is 8.78. The second kappa shape index (κ2) is 14.1. The summed E-state index contributed by atoms with van der Waals surface area (Å²) < 4.78 is 61.6. The van der Waals surface area contributed by atoms with Crippen molar-refractivity contribution in [2.75, 3.05) is 31.7 Å². The van der Waals surface area contributed by atoms with E-state index in [0.717, 1.165) is 44.1 Å². The lowest BCUT2D eigenvalue weighted by atomic mass is 9.70. The number of halogens is 3. The Hall–Kier alpha value is -1.32. The number of likely N-dealkylation sites (tertiary alicyclic amines) is 1. The SMILES string of the molecule is Cc1nc2c(c(=O)n1CCOC1CCC(Cl)CC1C1CC(C)NC3C(C(=O)NS(C)(=O)=O)CSC13)C[C@H](N1CCC(F)(F)CC1)CC2. The molecule has 4 heterocycles. The van der Waals surface area contributed by atoms with Crippen LogP contribution in [-0.4, -0.2) is 101 Å². The summed E-state index contributed by atoms with van der Waals surface area (Å²) in [6.07, 6.45) is 6.08. The number of hydrogen-bond acceptors (Lipinski definition) is 9. The first-order valence-electron chi connectivity index (χ1n) is 17.0. The summed E-state index contributed by atoms with van der Waals surface area (Å²) in [4.78, 5) is 33.6. The summed E-state index contributed by atoms with van der Waals surface area (Å²) in [5.74, 6) is -1.88. The van der Waals surface area contributed by atoms with Gasteiger partial charge in [0.05, 0.1) is 37.1 Å². The monoisotopic (exact) mass is 719 g/mol. The van der Waals surface area contributed by atoms with Crippen LogP contribution in [0, 0.1) is 24.7 Å². The van der Waals surface area contributed by atoms with Gasteiger partial charge in [0, 0.05) is 66.0 Å². The van der Waals surface area contributed by atoms with E-state index in [1.54, 1.807) is 16.3 Å². The maximum Gasteiger partial charge on any atom is 0.257 e. The van der Waals surface area contributed by atoms with Gasteiger partial charge in [-0.15, -0.1) is 11.6 Å². The molecule has 47 heavy (non-hydrogen) atoms. The average molecular weight is 720 g/mol. The second-order valence-electron chi connectivity index (χ2n) is 14.4. The Morgan fingerprint density at radius 3 is 2.66 bits per heavy atom. The molecule has 264 valence electrons. The third-order valence-corrected chi connectivity index (χ3v) is 13.7. The molecule has 1 aromatic rings. The van der Waals surface area contributed by atoms with Gasteiger partial charge in [0.2, 0.25) is 15.9 Å². The largest absolute Gasteiger partial charge is 0.376 e. The third-order valence-electron chi connectivity index (χ3n) is 11.1. The normalized spacial score (nSPS) is 36.0. The second-order valence-corrected chi connectivity index (χ2v) is 18.0. The highest BCUT2D eigenvalue weighted by Crippen LogP contribution is 2.48. The van der Waals surface area contributed by atoms with E-state index in [9.17, 15) is 26.8 Å². The van der Waals surface area contributed by atoms with Gasteiger partial charge in [-0.2, -0.15) is 11.8 Å². The van der Waals surface area contributed by atoms with E-state index in [1.807, 2.05) is 6.92 Å². The van der Waals surface area contributed by atoms with Crippen molar-refractivity contribution in [2.45, 2.75) is 119 Å². The minimum Gasteiger partial charge on any atom is -0.376 e. The van der Waals surface area contributed by atoms with Gasteiger partial charge < -0.3 is 10.1 Å². The number of nitrogens with one attached hydrogen (secondary N) is 2. The van der Waals surface area contributed by atoms with E-state index in [2.05, 4.69) is 21.9 Å². The molecule has 0 aromatic carbocycles. The lowest BCUT2D eigenvalue weighted by molar-refractivity contribution is -0.123. The molecular formula is C32H48ClF2N5O5S2. The molecule has 0 radical (unpaired) electrons. The van der Waals surface area contributed by atoms with Gasteiger partial charge in [0.1, 0.15) is 5.82 Å². The molecule has 9 atom stereocenters. The van der Waals surface area contributed by atoms with E-state index in [1.165, 1.54) is 0 Å². The number of carbonyl (C=O) groups is 1. The number of alkyl halides is 3. The number of fused-ring (bicyclic) bond motifs is 2. The predicted molar refractivity (Wildman–Crippen MR) is 179 cm³/mol. The Balaban J connectivity index is 1.12. The van der Waals surface area contributed by atoms with Gasteiger partial charge in [0.25, 0.3) is 11.5 Å². The highest BCUT2D eigenvalue weighted by Gasteiger charge is 2.52. The van der Waals surface area contributed by atoms with Gasteiger partial charge in [0.15, 0.2) is 0 Å². The van der Waals surface area contributed by atoms with Crippen LogP contribution in [0.5, 0.6) is 0 Å². The molecule has 15 heteroatoms. The third kappa shape index (κ3) is 8.03. The summed E-state index contributed by atoms with van der Waals surface area (Å²) in [6.45, 7) is 5.39. The molecule has 3 aliphatic heterocycles. The summed E-state index contributed by atoms with van der Waals surface area (Å²) in [7, 11) is -3.65. The molecule has 10 nitrogen and oxygen atoms in total. The fraction of sp³-hybridized carbons (Fsp3) is 0.844. The van der Waals surface area contributed by atoms with Crippen LogP contribution in [0.3, 0.4) is 0 Å². The number of aromatic nitrogens is 2. The van der Waals surface area contributed by atoms with Crippen molar-refractivity contribution in [3.05, 3.63) is 27.4 Å². The van der Waals surface area contributed by atoms with Crippen molar-refractivity contribution in [1.82, 2.24) is 24.5 Å². The molecule has 3 saturated heterocycles. The van der Waals surface area contributed by atoms with E-state index >= 15 is 0 Å². The van der Waals surface area contributed by atoms with Crippen LogP contribution in [0.2, 0.25) is 0 Å². The van der Waals surface area contributed by atoms with Crippen LogP contribution in [0.15, 0.2) is 4.79 Å². The molecule has 1 saturated carbocycles. The Morgan fingerprint density at radius 1 is 1.19 bits per heavy atom. The fourth-order valence-corrected chi connectivity index (χ4v) is 11.5. The summed E-state index contributed by atoms with van der Waals surface area (Å²) in [5, 5.41) is 3.76. The number of amides is 1. The molecule has 0 bridgehead atoms. The number of piperidine rings is 2. The molecule has 2 aliphatic carbocycles. The zero-order chi connectivity index (χ0) is 33.7. The van der Waals surface area contributed by atoms with Crippen molar-refractivity contribution in [1.29, 1.82) is 0 Å². The summed E-state index contributed by atoms with van der Waals surface area (Å²) in [5.41, 5.74) is 1.48. The van der Waals surface area contributed by atoms with Crippen molar-refractivity contribution in [3.63, 3.8) is 0 Å². The van der Waals surface area contributed by atoms with Crippen LogP contribution in [0.25, 0.3) is 0 Å².